The fraction of sp³-hybridized carbons (Fsp3) is 0.417. The lowest BCUT2D eigenvalue weighted by molar-refractivity contribution is 0.309. The molecule has 0 aromatic heterocycles. The molecule has 0 radical (unpaired) electrons. The van der Waals surface area contributed by atoms with Crippen LogP contribution in [0.25, 0.3) is 0 Å². The van der Waals surface area contributed by atoms with Crippen LogP contribution in [0.4, 0.5) is 0 Å². The van der Waals surface area contributed by atoms with Crippen LogP contribution < -0.4 is 4.74 Å². The minimum atomic E-state index is -3.65. The molecule has 0 amide bonds. The van der Waals surface area contributed by atoms with Crippen LogP contribution in [0.15, 0.2) is 29.4 Å². The first kappa shape index (κ1) is 15.8. The maximum atomic E-state index is 10.8. The molecule has 0 heterocycles. The highest BCUT2D eigenvalue weighted by Crippen LogP contribution is 2.15. The van der Waals surface area contributed by atoms with Crippen LogP contribution >= 0.6 is 11.6 Å². The molecule has 0 bridgehead atoms. The van der Waals surface area contributed by atoms with E-state index in [-0.39, 0.29) is 5.17 Å². The largest absolute Gasteiger partial charge is 0.494 e. The van der Waals surface area contributed by atoms with Crippen LogP contribution in [-0.4, -0.2) is 26.5 Å². The van der Waals surface area contributed by atoms with E-state index >= 15 is 0 Å². The van der Waals surface area contributed by atoms with Gasteiger partial charge in [-0.1, -0.05) is 30.1 Å². The van der Waals surface area contributed by atoms with Gasteiger partial charge in [0.15, 0.2) is 5.17 Å². The van der Waals surface area contributed by atoms with Crippen molar-refractivity contribution in [2.75, 3.05) is 12.9 Å². The first-order valence-electron chi connectivity index (χ1n) is 5.77. The Kier molecular flexibility index (Phi) is 6.11. The van der Waals surface area contributed by atoms with Crippen molar-refractivity contribution in [2.24, 2.45) is 5.16 Å². The second-order valence-electron chi connectivity index (χ2n) is 3.89. The van der Waals surface area contributed by atoms with Gasteiger partial charge in [-0.3, -0.25) is 4.28 Å². The monoisotopic (exact) mass is 305 g/mol. The number of halogens is 1. The van der Waals surface area contributed by atoms with E-state index in [0.717, 1.165) is 24.8 Å². The molecule has 106 valence electrons. The van der Waals surface area contributed by atoms with Crippen molar-refractivity contribution in [3.8, 4) is 5.75 Å². The van der Waals surface area contributed by atoms with Crippen LogP contribution in [-0.2, 0) is 14.4 Å². The number of nitrogens with zero attached hydrogens (tertiary/aromatic N) is 1. The summed E-state index contributed by atoms with van der Waals surface area (Å²) >= 11 is 5.81. The topological polar surface area (TPSA) is 65.0 Å². The molecule has 19 heavy (non-hydrogen) atoms. The lowest BCUT2D eigenvalue weighted by Gasteiger charge is -2.05. The van der Waals surface area contributed by atoms with Gasteiger partial charge < -0.3 is 4.74 Å². The third-order valence-corrected chi connectivity index (χ3v) is 2.74. The van der Waals surface area contributed by atoms with Crippen molar-refractivity contribution in [3.63, 3.8) is 0 Å². The summed E-state index contributed by atoms with van der Waals surface area (Å²) in [4.78, 5) is 0. The first-order chi connectivity index (χ1) is 8.92. The Morgan fingerprint density at radius 1 is 1.32 bits per heavy atom. The summed E-state index contributed by atoms with van der Waals surface area (Å²) in [6.07, 6.45) is 2.96. The van der Waals surface area contributed by atoms with E-state index in [9.17, 15) is 8.42 Å². The van der Waals surface area contributed by atoms with Crippen LogP contribution in [0.5, 0.6) is 5.75 Å². The van der Waals surface area contributed by atoms with Gasteiger partial charge in [-0.25, -0.2) is 0 Å². The number of hydrogen-bond donors (Lipinski definition) is 0. The lowest BCUT2D eigenvalue weighted by Crippen LogP contribution is -2.01. The zero-order chi connectivity index (χ0) is 14.3. The van der Waals surface area contributed by atoms with E-state index < -0.39 is 10.1 Å². The molecule has 0 saturated heterocycles. The fourth-order valence-corrected chi connectivity index (χ4v) is 1.59. The Labute approximate surface area is 118 Å². The van der Waals surface area contributed by atoms with Crippen molar-refractivity contribution < 1.29 is 17.4 Å². The molecule has 5 nitrogen and oxygen atoms in total. The predicted molar refractivity (Wildman–Crippen MR) is 75.2 cm³/mol. The molecule has 0 atom stereocenters. The second-order valence-corrected chi connectivity index (χ2v) is 5.80. The number of unbranched alkanes of at least 4 members (excludes halogenated alkanes) is 1. The number of ether oxygens (including phenoxy) is 1. The molecule has 0 aliphatic rings. The van der Waals surface area contributed by atoms with E-state index in [4.69, 9.17) is 16.3 Å². The fourth-order valence-electron chi connectivity index (χ4n) is 1.18. The predicted octanol–water partition coefficient (Wildman–Crippen LogP) is 2.74. The van der Waals surface area contributed by atoms with Gasteiger partial charge in [-0.15, -0.1) is 0 Å². The quantitative estimate of drug-likeness (QED) is 0.441. The van der Waals surface area contributed by atoms with Crippen LogP contribution in [0, 0.1) is 0 Å². The average Bonchev–Trinajstić information content (AvgIpc) is 2.36. The number of hydrogen-bond acceptors (Lipinski definition) is 5. The molecule has 0 saturated carbocycles. The van der Waals surface area contributed by atoms with Crippen LogP contribution in [0.3, 0.4) is 0 Å². The lowest BCUT2D eigenvalue weighted by atomic mass is 10.2. The van der Waals surface area contributed by atoms with E-state index in [1.165, 1.54) is 0 Å². The molecule has 1 aromatic rings. The molecule has 1 rings (SSSR count). The summed E-state index contributed by atoms with van der Waals surface area (Å²) in [7, 11) is -3.65. The molecule has 0 aliphatic heterocycles. The van der Waals surface area contributed by atoms with Gasteiger partial charge in [0.25, 0.3) is 0 Å². The van der Waals surface area contributed by atoms with Crippen LogP contribution in [0.2, 0.25) is 0 Å². The van der Waals surface area contributed by atoms with E-state index in [1.54, 1.807) is 24.3 Å². The van der Waals surface area contributed by atoms with Gasteiger partial charge in [-0.2, -0.15) is 8.42 Å². The highest BCUT2D eigenvalue weighted by Gasteiger charge is 2.05. The third-order valence-electron chi connectivity index (χ3n) is 2.11. The van der Waals surface area contributed by atoms with Gasteiger partial charge in [0.05, 0.1) is 12.9 Å². The van der Waals surface area contributed by atoms with Crippen molar-refractivity contribution in [1.29, 1.82) is 0 Å². The van der Waals surface area contributed by atoms with Gasteiger partial charge in [-0.05, 0) is 30.7 Å². The Morgan fingerprint density at radius 2 is 1.95 bits per heavy atom. The normalized spacial score (nSPS) is 12.3. The van der Waals surface area contributed by atoms with E-state index in [2.05, 4.69) is 16.4 Å². The summed E-state index contributed by atoms with van der Waals surface area (Å²) in [6, 6.07) is 6.84. The van der Waals surface area contributed by atoms with Gasteiger partial charge in [0.2, 0.25) is 0 Å². The average molecular weight is 306 g/mol. The standard InChI is InChI=1S/C12H16ClNO4S/c1-3-4-9-17-11-7-5-10(6-8-11)12(13)14-18-19(2,15)16/h5-8H,3-4,9H2,1-2H3. The molecule has 0 aliphatic carbocycles. The zero-order valence-electron chi connectivity index (χ0n) is 10.8. The maximum Gasteiger partial charge on any atom is 0.325 e. The molecule has 7 heteroatoms. The summed E-state index contributed by atoms with van der Waals surface area (Å²) in [5.74, 6) is 0.727. The molecular formula is C12H16ClNO4S. The molecule has 0 fully saturated rings. The summed E-state index contributed by atoms with van der Waals surface area (Å²) < 4.78 is 31.3. The minimum Gasteiger partial charge on any atom is -0.494 e. The molecule has 0 spiro atoms. The van der Waals surface area contributed by atoms with Crippen molar-refractivity contribution >= 4 is 26.9 Å². The highest BCUT2D eigenvalue weighted by atomic mass is 35.5. The Morgan fingerprint density at radius 3 is 2.47 bits per heavy atom. The van der Waals surface area contributed by atoms with Crippen molar-refractivity contribution in [1.82, 2.24) is 0 Å². The van der Waals surface area contributed by atoms with Gasteiger partial charge in [0, 0.05) is 5.56 Å². The maximum absolute atomic E-state index is 10.8. The summed E-state index contributed by atoms with van der Waals surface area (Å²) in [5.41, 5.74) is 0.549. The number of rotatable bonds is 7. The Hall–Kier alpha value is -1.27. The van der Waals surface area contributed by atoms with Gasteiger partial charge in [0.1, 0.15) is 5.75 Å². The second kappa shape index (κ2) is 7.35. The van der Waals surface area contributed by atoms with Crippen LogP contribution in [0.1, 0.15) is 25.3 Å². The molecule has 0 unspecified atom stereocenters. The minimum absolute atomic E-state index is 0.0365. The molecule has 0 N–H and O–H groups in total. The first-order valence-corrected chi connectivity index (χ1v) is 7.97. The Balaban J connectivity index is 2.65. The summed E-state index contributed by atoms with van der Waals surface area (Å²) in [6.45, 7) is 2.75. The Bertz CT molecular complexity index is 525. The summed E-state index contributed by atoms with van der Waals surface area (Å²) in [5, 5.41) is 3.29. The van der Waals surface area contributed by atoms with Gasteiger partial charge >= 0.3 is 10.1 Å². The van der Waals surface area contributed by atoms with E-state index in [1.807, 2.05) is 0 Å². The molecule has 1 aromatic carbocycles. The third kappa shape index (κ3) is 6.45. The van der Waals surface area contributed by atoms with Crippen molar-refractivity contribution in [3.05, 3.63) is 29.8 Å². The SMILES string of the molecule is CCCCOc1ccc(C(Cl)=NOS(C)(=O)=O)cc1. The van der Waals surface area contributed by atoms with Crippen molar-refractivity contribution in [2.45, 2.75) is 19.8 Å². The number of benzene rings is 1. The zero-order valence-corrected chi connectivity index (χ0v) is 12.4. The smallest absolute Gasteiger partial charge is 0.325 e. The number of oxime groups is 1. The highest BCUT2D eigenvalue weighted by molar-refractivity contribution is 7.85. The molecular weight excluding hydrogens is 290 g/mol. The van der Waals surface area contributed by atoms with E-state index in [0.29, 0.717) is 12.2 Å².